The fraction of sp³-hybridized carbons (Fsp3) is 0.273. The van der Waals surface area contributed by atoms with E-state index in [-0.39, 0.29) is 18.7 Å². The van der Waals surface area contributed by atoms with Crippen LogP contribution < -0.4 is 14.4 Å². The summed E-state index contributed by atoms with van der Waals surface area (Å²) < 4.78 is 11.9. The molecule has 6 nitrogen and oxygen atoms in total. The molecule has 0 aliphatic carbocycles. The van der Waals surface area contributed by atoms with E-state index in [0.717, 1.165) is 33.4 Å². The molecule has 1 unspecified atom stereocenters. The maximum atomic E-state index is 13.5. The van der Waals surface area contributed by atoms with Crippen molar-refractivity contribution in [2.24, 2.45) is 5.92 Å². The highest BCUT2D eigenvalue weighted by atomic mass is 79.9. The van der Waals surface area contributed by atoms with Crippen LogP contribution in [-0.2, 0) is 6.42 Å². The minimum atomic E-state index is -0.277. The number of amides is 1. The predicted molar refractivity (Wildman–Crippen MR) is 112 cm³/mol. The van der Waals surface area contributed by atoms with Gasteiger partial charge in [0.2, 0.25) is 6.79 Å². The first-order valence-corrected chi connectivity index (χ1v) is 10.4. The molecule has 0 radical (unpaired) electrons. The highest BCUT2D eigenvalue weighted by Gasteiger charge is 2.43. The molecule has 0 bridgehead atoms. The average molecular weight is 454 g/mol. The first-order chi connectivity index (χ1) is 14.0. The summed E-state index contributed by atoms with van der Waals surface area (Å²) in [5.41, 5.74) is 4.23. The van der Waals surface area contributed by atoms with Gasteiger partial charge in [0, 0.05) is 21.8 Å². The van der Waals surface area contributed by atoms with Crippen molar-refractivity contribution in [1.82, 2.24) is 10.2 Å². The Kier molecular flexibility index (Phi) is 4.35. The third kappa shape index (κ3) is 2.92. The molecule has 5 rings (SSSR count). The van der Waals surface area contributed by atoms with Gasteiger partial charge in [0.15, 0.2) is 11.5 Å². The molecule has 3 heterocycles. The zero-order valence-electron chi connectivity index (χ0n) is 16.1. The summed E-state index contributed by atoms with van der Waals surface area (Å²) in [4.78, 5) is 15.3. The maximum Gasteiger partial charge on any atom is 0.277 e. The summed E-state index contributed by atoms with van der Waals surface area (Å²) >= 11 is 3.68. The number of nitrogens with zero attached hydrogens (tertiary/aromatic N) is 2. The molecule has 29 heavy (non-hydrogen) atoms. The van der Waals surface area contributed by atoms with E-state index in [9.17, 15) is 4.79 Å². The number of carbonyl (C=O) groups excluding carboxylic acids is 1. The van der Waals surface area contributed by atoms with E-state index in [1.807, 2.05) is 47.4 Å². The van der Waals surface area contributed by atoms with E-state index in [4.69, 9.17) is 9.47 Å². The number of aromatic nitrogens is 2. The Labute approximate surface area is 177 Å². The van der Waals surface area contributed by atoms with Crippen LogP contribution in [0.1, 0.15) is 47.2 Å². The number of fused-ring (bicyclic) bond motifs is 2. The molecule has 0 saturated heterocycles. The topological polar surface area (TPSA) is 67.5 Å². The molecule has 0 spiro atoms. The van der Waals surface area contributed by atoms with E-state index < -0.39 is 0 Å². The Bertz CT molecular complexity index is 1110. The summed E-state index contributed by atoms with van der Waals surface area (Å²) in [7, 11) is 0. The van der Waals surface area contributed by atoms with Crippen molar-refractivity contribution >= 4 is 27.5 Å². The standard InChI is InChI=1S/C22H20BrN3O3/c1-12(2)9-16-19-20(25-24-16)22(27)26(21(19)14-5-3-4-6-15(14)23)13-7-8-17-18(10-13)29-11-28-17/h3-8,10,12,21H,9,11H2,1-2H3,(H,24,25). The van der Waals surface area contributed by atoms with Crippen LogP contribution in [0.5, 0.6) is 11.5 Å². The first-order valence-electron chi connectivity index (χ1n) is 9.59. The molecular weight excluding hydrogens is 434 g/mol. The third-order valence-corrected chi connectivity index (χ3v) is 6.01. The second-order valence-corrected chi connectivity index (χ2v) is 8.55. The zero-order chi connectivity index (χ0) is 20.1. The smallest absolute Gasteiger partial charge is 0.277 e. The van der Waals surface area contributed by atoms with Gasteiger partial charge in [-0.2, -0.15) is 5.10 Å². The number of nitrogens with one attached hydrogen (secondary N) is 1. The Morgan fingerprint density at radius 3 is 2.79 bits per heavy atom. The largest absolute Gasteiger partial charge is 0.454 e. The van der Waals surface area contributed by atoms with Crippen molar-refractivity contribution in [3.63, 3.8) is 0 Å². The van der Waals surface area contributed by atoms with Crippen LogP contribution in [0.4, 0.5) is 5.69 Å². The number of halogens is 1. The average Bonchev–Trinajstić information content (AvgIpc) is 3.38. The zero-order valence-corrected chi connectivity index (χ0v) is 17.7. The van der Waals surface area contributed by atoms with Crippen LogP contribution >= 0.6 is 15.9 Å². The van der Waals surface area contributed by atoms with Crippen LogP contribution in [-0.4, -0.2) is 22.9 Å². The molecule has 1 atom stereocenters. The van der Waals surface area contributed by atoms with Crippen molar-refractivity contribution in [3.8, 4) is 11.5 Å². The van der Waals surface area contributed by atoms with Crippen molar-refractivity contribution < 1.29 is 14.3 Å². The van der Waals surface area contributed by atoms with Crippen LogP contribution in [0, 0.1) is 5.92 Å². The summed E-state index contributed by atoms with van der Waals surface area (Å²) in [5, 5.41) is 7.49. The minimum absolute atomic E-state index is 0.0953. The molecule has 148 valence electrons. The van der Waals surface area contributed by atoms with Crippen LogP contribution in [0.2, 0.25) is 0 Å². The van der Waals surface area contributed by atoms with Crippen LogP contribution in [0.25, 0.3) is 0 Å². The Morgan fingerprint density at radius 1 is 1.21 bits per heavy atom. The van der Waals surface area contributed by atoms with Gasteiger partial charge >= 0.3 is 0 Å². The second kappa shape index (κ2) is 6.91. The SMILES string of the molecule is CC(C)Cc1n[nH]c2c1C(c1ccccc1Br)N(c1ccc3c(c1)OCO3)C2=O. The number of anilines is 1. The van der Waals surface area contributed by atoms with Gasteiger partial charge in [-0.05, 0) is 36.1 Å². The number of benzene rings is 2. The van der Waals surface area contributed by atoms with Gasteiger partial charge in [-0.15, -0.1) is 0 Å². The van der Waals surface area contributed by atoms with Crippen molar-refractivity contribution in [2.45, 2.75) is 26.3 Å². The third-order valence-electron chi connectivity index (χ3n) is 5.28. The number of hydrogen-bond acceptors (Lipinski definition) is 4. The molecule has 0 saturated carbocycles. The molecular formula is C22H20BrN3O3. The van der Waals surface area contributed by atoms with Gasteiger partial charge < -0.3 is 9.47 Å². The van der Waals surface area contributed by atoms with E-state index in [0.29, 0.717) is 23.1 Å². The molecule has 2 aliphatic heterocycles. The van der Waals surface area contributed by atoms with E-state index in [2.05, 4.69) is 40.0 Å². The van der Waals surface area contributed by atoms with Crippen molar-refractivity contribution in [2.75, 3.05) is 11.7 Å². The van der Waals surface area contributed by atoms with Gasteiger partial charge in [0.25, 0.3) is 5.91 Å². The number of carbonyl (C=O) groups is 1. The lowest BCUT2D eigenvalue weighted by Crippen LogP contribution is -2.29. The normalized spacial score (nSPS) is 17.3. The van der Waals surface area contributed by atoms with Gasteiger partial charge in [-0.25, -0.2) is 0 Å². The molecule has 0 fully saturated rings. The Balaban J connectivity index is 1.69. The summed E-state index contributed by atoms with van der Waals surface area (Å²) in [6.07, 6.45) is 0.801. The number of aromatic amines is 1. The summed E-state index contributed by atoms with van der Waals surface area (Å²) in [6, 6.07) is 13.3. The summed E-state index contributed by atoms with van der Waals surface area (Å²) in [5.74, 6) is 1.68. The molecule has 2 aliphatic rings. The van der Waals surface area contributed by atoms with E-state index >= 15 is 0 Å². The molecule has 1 aromatic heterocycles. The van der Waals surface area contributed by atoms with Gasteiger partial charge in [0.05, 0.1) is 11.7 Å². The molecule has 1 amide bonds. The monoisotopic (exact) mass is 453 g/mol. The number of hydrogen-bond donors (Lipinski definition) is 1. The lowest BCUT2D eigenvalue weighted by Gasteiger charge is -2.27. The fourth-order valence-corrected chi connectivity index (χ4v) is 4.55. The van der Waals surface area contributed by atoms with E-state index in [1.54, 1.807) is 0 Å². The first kappa shape index (κ1) is 18.2. The highest BCUT2D eigenvalue weighted by molar-refractivity contribution is 9.10. The predicted octanol–water partition coefficient (Wildman–Crippen LogP) is 4.85. The van der Waals surface area contributed by atoms with Crippen LogP contribution in [0.15, 0.2) is 46.9 Å². The quantitative estimate of drug-likeness (QED) is 0.612. The van der Waals surface area contributed by atoms with E-state index in [1.165, 1.54) is 0 Å². The number of H-pyrrole nitrogens is 1. The Hall–Kier alpha value is -2.80. The lowest BCUT2D eigenvalue weighted by atomic mass is 9.95. The van der Waals surface area contributed by atoms with Gasteiger partial charge in [-0.3, -0.25) is 14.8 Å². The molecule has 3 aromatic rings. The van der Waals surface area contributed by atoms with Gasteiger partial charge in [0.1, 0.15) is 5.69 Å². The van der Waals surface area contributed by atoms with Crippen LogP contribution in [0.3, 0.4) is 0 Å². The number of rotatable bonds is 4. The minimum Gasteiger partial charge on any atom is -0.454 e. The van der Waals surface area contributed by atoms with Gasteiger partial charge in [-0.1, -0.05) is 48.0 Å². The summed E-state index contributed by atoms with van der Waals surface area (Å²) in [6.45, 7) is 4.50. The van der Waals surface area contributed by atoms with Crippen molar-refractivity contribution in [3.05, 3.63) is 69.5 Å². The van der Waals surface area contributed by atoms with Crippen molar-refractivity contribution in [1.29, 1.82) is 0 Å². The maximum absolute atomic E-state index is 13.5. The lowest BCUT2D eigenvalue weighted by molar-refractivity contribution is 0.0988. The Morgan fingerprint density at radius 2 is 2.00 bits per heavy atom. The molecule has 7 heteroatoms. The second-order valence-electron chi connectivity index (χ2n) is 7.69. The highest BCUT2D eigenvalue weighted by Crippen LogP contribution is 2.46. The molecule has 1 N–H and O–H groups in total. The number of ether oxygens (including phenoxy) is 2. The fourth-order valence-electron chi connectivity index (χ4n) is 4.05. The molecule has 2 aromatic carbocycles.